The van der Waals surface area contributed by atoms with Crippen molar-refractivity contribution in [3.63, 3.8) is 0 Å². The third-order valence-corrected chi connectivity index (χ3v) is 4.61. The van der Waals surface area contributed by atoms with E-state index in [0.29, 0.717) is 21.3 Å². The summed E-state index contributed by atoms with van der Waals surface area (Å²) in [7, 11) is 1.59. The lowest BCUT2D eigenvalue weighted by Gasteiger charge is -2.11. The molecule has 0 heterocycles. The highest BCUT2D eigenvalue weighted by molar-refractivity contribution is 9.11. The van der Waals surface area contributed by atoms with Crippen LogP contribution in [-0.2, 0) is 27.2 Å². The molecule has 0 saturated carbocycles. The van der Waals surface area contributed by atoms with Crippen LogP contribution in [0.25, 0.3) is 0 Å². The summed E-state index contributed by atoms with van der Waals surface area (Å²) in [4.78, 5) is 23.8. The summed E-state index contributed by atoms with van der Waals surface area (Å²) in [6.07, 6.45) is 0.276. The Morgan fingerprint density at radius 1 is 0.923 bits per heavy atom. The fourth-order valence-corrected chi connectivity index (χ4v) is 3.69. The van der Waals surface area contributed by atoms with Crippen LogP contribution in [0.4, 0.5) is 0 Å². The van der Waals surface area contributed by atoms with Crippen molar-refractivity contribution in [2.24, 2.45) is 0 Å². The zero-order valence-corrected chi connectivity index (χ0v) is 17.6. The molecule has 0 fully saturated rings. The summed E-state index contributed by atoms with van der Waals surface area (Å²) in [5, 5.41) is 0. The molecule has 138 valence electrons. The average Bonchev–Trinajstić information content (AvgIpc) is 2.59. The van der Waals surface area contributed by atoms with E-state index in [9.17, 15) is 9.59 Å². The average molecular weight is 486 g/mol. The van der Waals surface area contributed by atoms with E-state index >= 15 is 0 Å². The molecular formula is C19H18Br2O5. The van der Waals surface area contributed by atoms with E-state index in [1.54, 1.807) is 38.3 Å². The monoisotopic (exact) mass is 484 g/mol. The van der Waals surface area contributed by atoms with E-state index in [0.717, 1.165) is 16.9 Å². The second kappa shape index (κ2) is 9.73. The third kappa shape index (κ3) is 5.85. The van der Waals surface area contributed by atoms with E-state index in [1.165, 1.54) is 0 Å². The fraction of sp³-hybridized carbons (Fsp3) is 0.263. The number of methoxy groups -OCH3 is 1. The first-order chi connectivity index (χ1) is 12.4. The molecule has 2 aromatic rings. The smallest absolute Gasteiger partial charge is 0.315 e. The number of benzene rings is 2. The van der Waals surface area contributed by atoms with Gasteiger partial charge in [-0.1, -0.05) is 12.1 Å². The van der Waals surface area contributed by atoms with Gasteiger partial charge in [0.1, 0.15) is 5.75 Å². The number of carbonyl (C=O) groups excluding carboxylic acids is 2. The minimum Gasteiger partial charge on any atom is -0.497 e. The standard InChI is InChI=1S/C19H18Br2O5/c1-3-25-17(22)11-13-8-15(20)19(16(21)9-13)26-18(23)10-12-4-6-14(24-2)7-5-12/h4-9H,3,10-11H2,1-2H3. The fourth-order valence-electron chi connectivity index (χ4n) is 2.25. The van der Waals surface area contributed by atoms with Crippen LogP contribution in [0.3, 0.4) is 0 Å². The van der Waals surface area contributed by atoms with Gasteiger partial charge in [0.25, 0.3) is 0 Å². The molecule has 0 amide bonds. The third-order valence-electron chi connectivity index (χ3n) is 3.44. The van der Waals surface area contributed by atoms with Crippen LogP contribution in [0.1, 0.15) is 18.1 Å². The van der Waals surface area contributed by atoms with Gasteiger partial charge >= 0.3 is 11.9 Å². The molecule has 0 unspecified atom stereocenters. The first-order valence-electron chi connectivity index (χ1n) is 7.90. The Hall–Kier alpha value is -1.86. The summed E-state index contributed by atoms with van der Waals surface area (Å²) < 4.78 is 16.7. The number of carbonyl (C=O) groups is 2. The lowest BCUT2D eigenvalue weighted by Crippen LogP contribution is -2.12. The molecule has 0 bridgehead atoms. The maximum absolute atomic E-state index is 12.2. The van der Waals surface area contributed by atoms with Crippen molar-refractivity contribution in [2.75, 3.05) is 13.7 Å². The highest BCUT2D eigenvalue weighted by atomic mass is 79.9. The van der Waals surface area contributed by atoms with Crippen LogP contribution in [0.15, 0.2) is 45.3 Å². The van der Waals surface area contributed by atoms with Crippen molar-refractivity contribution in [2.45, 2.75) is 19.8 Å². The highest BCUT2D eigenvalue weighted by Gasteiger charge is 2.15. The van der Waals surface area contributed by atoms with Gasteiger partial charge in [0.2, 0.25) is 0 Å². The number of halogens is 2. The summed E-state index contributed by atoms with van der Waals surface area (Å²) in [6, 6.07) is 10.7. The van der Waals surface area contributed by atoms with Gasteiger partial charge in [0, 0.05) is 0 Å². The van der Waals surface area contributed by atoms with Gasteiger partial charge < -0.3 is 14.2 Å². The maximum Gasteiger partial charge on any atom is 0.315 e. The number of hydrogen-bond donors (Lipinski definition) is 0. The van der Waals surface area contributed by atoms with Crippen LogP contribution >= 0.6 is 31.9 Å². The Balaban J connectivity index is 2.05. The Kier molecular flexibility index (Phi) is 7.66. The molecule has 2 aromatic carbocycles. The van der Waals surface area contributed by atoms with Crippen molar-refractivity contribution in [3.05, 3.63) is 56.5 Å². The van der Waals surface area contributed by atoms with Gasteiger partial charge in [-0.3, -0.25) is 9.59 Å². The molecule has 0 radical (unpaired) electrons. The predicted molar refractivity (Wildman–Crippen MR) is 105 cm³/mol. The van der Waals surface area contributed by atoms with Crippen LogP contribution in [-0.4, -0.2) is 25.7 Å². The molecule has 7 heteroatoms. The SMILES string of the molecule is CCOC(=O)Cc1cc(Br)c(OC(=O)Cc2ccc(OC)cc2)c(Br)c1. The second-order valence-corrected chi connectivity index (χ2v) is 7.08. The topological polar surface area (TPSA) is 61.8 Å². The highest BCUT2D eigenvalue weighted by Crippen LogP contribution is 2.35. The summed E-state index contributed by atoms with van der Waals surface area (Å²) in [5.74, 6) is 0.395. The molecule has 0 N–H and O–H groups in total. The van der Waals surface area contributed by atoms with E-state index in [4.69, 9.17) is 14.2 Å². The van der Waals surface area contributed by atoms with E-state index in [1.807, 2.05) is 12.1 Å². The molecule has 0 aliphatic carbocycles. The van der Waals surface area contributed by atoms with E-state index in [2.05, 4.69) is 31.9 Å². The van der Waals surface area contributed by atoms with Gasteiger partial charge in [-0.2, -0.15) is 0 Å². The summed E-state index contributed by atoms with van der Waals surface area (Å²) in [6.45, 7) is 2.09. The lowest BCUT2D eigenvalue weighted by molar-refractivity contribution is -0.142. The van der Waals surface area contributed by atoms with Gasteiger partial charge in [-0.25, -0.2) is 0 Å². The van der Waals surface area contributed by atoms with Gasteiger partial charge in [-0.05, 0) is 74.2 Å². The zero-order valence-electron chi connectivity index (χ0n) is 14.4. The van der Waals surface area contributed by atoms with Crippen LogP contribution < -0.4 is 9.47 Å². The first kappa shape index (κ1) is 20.5. The Labute approximate surface area is 168 Å². The summed E-state index contributed by atoms with van der Waals surface area (Å²) in [5.41, 5.74) is 1.57. The van der Waals surface area contributed by atoms with Crippen molar-refractivity contribution in [1.29, 1.82) is 0 Å². The molecule has 0 spiro atoms. The summed E-state index contributed by atoms with van der Waals surface area (Å²) >= 11 is 6.77. The van der Waals surface area contributed by atoms with Crippen LogP contribution in [0.2, 0.25) is 0 Å². The largest absolute Gasteiger partial charge is 0.497 e. The zero-order chi connectivity index (χ0) is 19.1. The van der Waals surface area contributed by atoms with Gasteiger partial charge in [-0.15, -0.1) is 0 Å². The Morgan fingerprint density at radius 2 is 1.50 bits per heavy atom. The Bertz CT molecular complexity index is 764. The molecule has 2 rings (SSSR count). The lowest BCUT2D eigenvalue weighted by atomic mass is 10.1. The van der Waals surface area contributed by atoms with E-state index < -0.39 is 5.97 Å². The van der Waals surface area contributed by atoms with Crippen molar-refractivity contribution >= 4 is 43.8 Å². The minimum absolute atomic E-state index is 0.132. The predicted octanol–water partition coefficient (Wildman–Crippen LogP) is 4.47. The van der Waals surface area contributed by atoms with Gasteiger partial charge in [0.15, 0.2) is 5.75 Å². The van der Waals surface area contributed by atoms with Crippen molar-refractivity contribution < 1.29 is 23.8 Å². The maximum atomic E-state index is 12.2. The normalized spacial score (nSPS) is 10.3. The second-order valence-electron chi connectivity index (χ2n) is 5.37. The molecule has 0 aliphatic heterocycles. The molecule has 0 aliphatic rings. The number of hydrogen-bond acceptors (Lipinski definition) is 5. The quantitative estimate of drug-likeness (QED) is 0.427. The molecule has 5 nitrogen and oxygen atoms in total. The molecule has 0 aromatic heterocycles. The Morgan fingerprint density at radius 3 is 2.04 bits per heavy atom. The molecule has 26 heavy (non-hydrogen) atoms. The number of rotatable bonds is 7. The van der Waals surface area contributed by atoms with Crippen molar-refractivity contribution in [1.82, 2.24) is 0 Å². The van der Waals surface area contributed by atoms with Gasteiger partial charge in [0.05, 0.1) is 35.5 Å². The number of ether oxygens (including phenoxy) is 3. The van der Waals surface area contributed by atoms with E-state index in [-0.39, 0.29) is 18.8 Å². The van der Waals surface area contributed by atoms with Crippen molar-refractivity contribution in [3.8, 4) is 11.5 Å². The van der Waals surface area contributed by atoms with Crippen LogP contribution in [0.5, 0.6) is 11.5 Å². The number of esters is 2. The molecule has 0 saturated heterocycles. The minimum atomic E-state index is -0.394. The first-order valence-corrected chi connectivity index (χ1v) is 9.48. The molecule has 0 atom stereocenters. The molecular weight excluding hydrogens is 468 g/mol. The van der Waals surface area contributed by atoms with Crippen LogP contribution in [0, 0.1) is 0 Å².